The van der Waals surface area contributed by atoms with Gasteiger partial charge in [-0.05, 0) is 44.2 Å². The molecule has 0 unspecified atom stereocenters. The second-order valence-electron chi connectivity index (χ2n) is 6.81. The monoisotopic (exact) mass is 368 g/mol. The number of hydrogen-bond acceptors (Lipinski definition) is 3. The Morgan fingerprint density at radius 1 is 1.00 bits per heavy atom. The molecular weight excluding hydrogens is 336 g/mol. The number of benzene rings is 1. The standard InChI is InChI=1S/C23H32N2S/c1-19(25-21-14-8-6-9-15-21)13-7-4-3-5-12-18-24-20(2)22-16-10-11-17-23(22)26/h8,10-11,14-17,24-26H,1-7,9,12-13,18H2. The number of unbranched alkanes of at least 4 members (excludes halogenated alkanes) is 4. The first-order valence-corrected chi connectivity index (χ1v) is 10.1. The van der Waals surface area contributed by atoms with Crippen LogP contribution in [0.15, 0.2) is 71.9 Å². The topological polar surface area (TPSA) is 24.1 Å². The summed E-state index contributed by atoms with van der Waals surface area (Å²) < 4.78 is 0. The third-order valence-corrected chi connectivity index (χ3v) is 4.93. The normalized spacial score (nSPS) is 13.2. The highest BCUT2D eigenvalue weighted by atomic mass is 32.1. The van der Waals surface area contributed by atoms with Crippen molar-refractivity contribution >= 4 is 18.3 Å². The maximum atomic E-state index is 4.48. The Labute approximate surface area is 164 Å². The molecule has 0 radical (unpaired) electrons. The Balaban J connectivity index is 1.47. The van der Waals surface area contributed by atoms with Gasteiger partial charge in [0.2, 0.25) is 0 Å². The van der Waals surface area contributed by atoms with Gasteiger partial charge in [-0.1, -0.05) is 62.8 Å². The molecule has 0 aromatic heterocycles. The molecule has 0 aliphatic heterocycles. The van der Waals surface area contributed by atoms with Crippen molar-refractivity contribution in [1.82, 2.24) is 10.6 Å². The lowest BCUT2D eigenvalue weighted by Crippen LogP contribution is -2.13. The highest BCUT2D eigenvalue weighted by Crippen LogP contribution is 2.19. The van der Waals surface area contributed by atoms with E-state index < -0.39 is 0 Å². The van der Waals surface area contributed by atoms with Crippen LogP contribution in [0, 0.1) is 0 Å². The van der Waals surface area contributed by atoms with Crippen molar-refractivity contribution < 1.29 is 0 Å². The average Bonchev–Trinajstić information content (AvgIpc) is 2.65. The maximum Gasteiger partial charge on any atom is 0.0352 e. The molecule has 1 aromatic rings. The molecular formula is C23H32N2S. The molecule has 0 spiro atoms. The minimum atomic E-state index is 0.962. The number of nitrogens with one attached hydrogen (secondary N) is 2. The fourth-order valence-corrected chi connectivity index (χ4v) is 3.33. The van der Waals surface area contributed by atoms with Gasteiger partial charge in [0.1, 0.15) is 0 Å². The molecule has 0 saturated carbocycles. The summed E-state index contributed by atoms with van der Waals surface area (Å²) in [6, 6.07) is 8.06. The van der Waals surface area contributed by atoms with Gasteiger partial charge in [-0.3, -0.25) is 0 Å². The van der Waals surface area contributed by atoms with E-state index in [0.29, 0.717) is 0 Å². The zero-order chi connectivity index (χ0) is 18.6. The Bertz CT molecular complexity index is 658. The molecule has 3 heteroatoms. The van der Waals surface area contributed by atoms with E-state index in [0.717, 1.165) is 47.7 Å². The van der Waals surface area contributed by atoms with Gasteiger partial charge in [0, 0.05) is 34.1 Å². The SMILES string of the molecule is C=C(CCCCCCCNC(=C)c1ccccc1S)NC1=CCCC=C1. The van der Waals surface area contributed by atoms with Crippen molar-refractivity contribution in [3.05, 3.63) is 72.6 Å². The van der Waals surface area contributed by atoms with Crippen LogP contribution in [0.3, 0.4) is 0 Å². The largest absolute Gasteiger partial charge is 0.385 e. The molecule has 2 nitrogen and oxygen atoms in total. The molecule has 0 atom stereocenters. The highest BCUT2D eigenvalue weighted by Gasteiger charge is 2.02. The molecule has 0 bridgehead atoms. The summed E-state index contributed by atoms with van der Waals surface area (Å²) >= 11 is 4.48. The first-order valence-electron chi connectivity index (χ1n) is 9.69. The quantitative estimate of drug-likeness (QED) is 0.302. The molecule has 0 saturated heterocycles. The van der Waals surface area contributed by atoms with E-state index in [-0.39, 0.29) is 0 Å². The predicted molar refractivity (Wildman–Crippen MR) is 117 cm³/mol. The summed E-state index contributed by atoms with van der Waals surface area (Å²) in [5, 5.41) is 6.83. The van der Waals surface area contributed by atoms with Gasteiger partial charge in [0.25, 0.3) is 0 Å². The van der Waals surface area contributed by atoms with Crippen molar-refractivity contribution in [2.45, 2.75) is 56.3 Å². The lowest BCUT2D eigenvalue weighted by Gasteiger charge is -2.13. The molecule has 1 aliphatic carbocycles. The predicted octanol–water partition coefficient (Wildman–Crippen LogP) is 6.21. The van der Waals surface area contributed by atoms with Crippen molar-refractivity contribution in [2.24, 2.45) is 0 Å². The van der Waals surface area contributed by atoms with Crippen LogP contribution < -0.4 is 10.6 Å². The van der Waals surface area contributed by atoms with Crippen LogP contribution in [0.1, 0.15) is 56.9 Å². The van der Waals surface area contributed by atoms with Crippen LogP contribution in [-0.4, -0.2) is 6.54 Å². The van der Waals surface area contributed by atoms with Crippen LogP contribution in [-0.2, 0) is 0 Å². The minimum Gasteiger partial charge on any atom is -0.385 e. The zero-order valence-electron chi connectivity index (χ0n) is 15.8. The zero-order valence-corrected chi connectivity index (χ0v) is 16.7. The Morgan fingerprint density at radius 3 is 2.54 bits per heavy atom. The smallest absolute Gasteiger partial charge is 0.0352 e. The van der Waals surface area contributed by atoms with E-state index >= 15 is 0 Å². The fourth-order valence-electron chi connectivity index (χ4n) is 3.03. The molecule has 2 N–H and O–H groups in total. The van der Waals surface area contributed by atoms with E-state index in [4.69, 9.17) is 0 Å². The van der Waals surface area contributed by atoms with Crippen molar-refractivity contribution in [1.29, 1.82) is 0 Å². The minimum absolute atomic E-state index is 0.962. The third kappa shape index (κ3) is 7.57. The van der Waals surface area contributed by atoms with E-state index in [9.17, 15) is 0 Å². The van der Waals surface area contributed by atoms with E-state index in [1.807, 2.05) is 18.2 Å². The molecule has 1 aromatic carbocycles. The van der Waals surface area contributed by atoms with Crippen molar-refractivity contribution in [2.75, 3.05) is 6.54 Å². The summed E-state index contributed by atoms with van der Waals surface area (Å²) in [7, 11) is 0. The fraction of sp³-hybridized carbons (Fsp3) is 0.391. The highest BCUT2D eigenvalue weighted by molar-refractivity contribution is 7.80. The first kappa shape index (κ1) is 20.4. The molecule has 0 amide bonds. The number of thiol groups is 1. The van der Waals surface area contributed by atoms with Crippen LogP contribution in [0.25, 0.3) is 5.70 Å². The number of rotatable bonds is 12. The Morgan fingerprint density at radius 2 is 1.77 bits per heavy atom. The van der Waals surface area contributed by atoms with E-state index in [1.165, 1.54) is 37.8 Å². The summed E-state index contributed by atoms with van der Waals surface area (Å²) in [5.74, 6) is 0. The van der Waals surface area contributed by atoms with Gasteiger partial charge in [0.15, 0.2) is 0 Å². The molecule has 26 heavy (non-hydrogen) atoms. The van der Waals surface area contributed by atoms with Crippen molar-refractivity contribution in [3.8, 4) is 0 Å². The van der Waals surface area contributed by atoms with Crippen molar-refractivity contribution in [3.63, 3.8) is 0 Å². The van der Waals surface area contributed by atoms with Crippen LogP contribution in [0.4, 0.5) is 0 Å². The second-order valence-corrected chi connectivity index (χ2v) is 7.29. The molecule has 0 fully saturated rings. The van der Waals surface area contributed by atoms with Crippen LogP contribution >= 0.6 is 12.6 Å². The number of allylic oxidation sites excluding steroid dienone is 4. The first-order chi connectivity index (χ1) is 12.7. The molecule has 2 rings (SSSR count). The lowest BCUT2D eigenvalue weighted by molar-refractivity contribution is 0.599. The summed E-state index contributed by atoms with van der Waals surface area (Å²) in [6.07, 6.45) is 16.1. The summed E-state index contributed by atoms with van der Waals surface area (Å²) in [4.78, 5) is 0.971. The average molecular weight is 369 g/mol. The lowest BCUT2D eigenvalue weighted by atomic mass is 10.1. The van der Waals surface area contributed by atoms with Gasteiger partial charge in [-0.15, -0.1) is 12.6 Å². The second kappa shape index (κ2) is 11.7. The summed E-state index contributed by atoms with van der Waals surface area (Å²) in [5.41, 5.74) is 4.38. The molecule has 1 aliphatic rings. The van der Waals surface area contributed by atoms with Crippen LogP contribution in [0.2, 0.25) is 0 Å². The Kier molecular flexibility index (Phi) is 9.19. The molecule has 140 valence electrons. The van der Waals surface area contributed by atoms with Gasteiger partial charge in [-0.2, -0.15) is 0 Å². The third-order valence-electron chi connectivity index (χ3n) is 4.54. The van der Waals surface area contributed by atoms with Gasteiger partial charge >= 0.3 is 0 Å². The summed E-state index contributed by atoms with van der Waals surface area (Å²) in [6.45, 7) is 9.22. The number of hydrogen-bond donors (Lipinski definition) is 3. The molecule has 0 heterocycles. The Hall–Kier alpha value is -1.87. The maximum absolute atomic E-state index is 4.48. The van der Waals surface area contributed by atoms with Gasteiger partial charge in [0.05, 0.1) is 0 Å². The van der Waals surface area contributed by atoms with Gasteiger partial charge in [-0.25, -0.2) is 0 Å². The van der Waals surface area contributed by atoms with E-state index in [1.54, 1.807) is 0 Å². The van der Waals surface area contributed by atoms with E-state index in [2.05, 4.69) is 60.7 Å². The van der Waals surface area contributed by atoms with Gasteiger partial charge < -0.3 is 10.6 Å². The van der Waals surface area contributed by atoms with Crippen LogP contribution in [0.5, 0.6) is 0 Å².